The smallest absolute Gasteiger partial charge is 0.142 e. The normalized spacial score (nSPS) is 17.3. The Morgan fingerprint density at radius 3 is 2.95 bits per heavy atom. The van der Waals surface area contributed by atoms with E-state index in [0.29, 0.717) is 0 Å². The van der Waals surface area contributed by atoms with Crippen LogP contribution in [0.1, 0.15) is 25.1 Å². The summed E-state index contributed by atoms with van der Waals surface area (Å²) in [6.07, 6.45) is 5.04. The fourth-order valence-corrected chi connectivity index (χ4v) is 3.75. The number of nitrogens with two attached hydrogens (primary N) is 1. The lowest BCUT2D eigenvalue weighted by Crippen LogP contribution is -2.44. The molecule has 0 bridgehead atoms. The predicted octanol–water partition coefficient (Wildman–Crippen LogP) is 3.79. The Morgan fingerprint density at radius 1 is 1.35 bits per heavy atom. The molecule has 0 spiro atoms. The van der Waals surface area contributed by atoms with Crippen LogP contribution >= 0.6 is 27.3 Å². The van der Waals surface area contributed by atoms with E-state index in [9.17, 15) is 0 Å². The molecule has 2 heterocycles. The van der Waals surface area contributed by atoms with Crippen LogP contribution in [0.15, 0.2) is 28.9 Å². The third kappa shape index (κ3) is 1.90. The van der Waals surface area contributed by atoms with Crippen molar-refractivity contribution in [2.45, 2.75) is 24.8 Å². The van der Waals surface area contributed by atoms with Crippen molar-refractivity contribution in [2.75, 3.05) is 0 Å². The highest BCUT2D eigenvalue weighted by Crippen LogP contribution is 2.38. The van der Waals surface area contributed by atoms with Crippen molar-refractivity contribution < 1.29 is 0 Å². The molecule has 0 atom stereocenters. The second-order valence-electron chi connectivity index (χ2n) is 5.29. The van der Waals surface area contributed by atoms with Crippen molar-refractivity contribution in [3.05, 3.63) is 34.7 Å². The van der Waals surface area contributed by atoms with Gasteiger partial charge in [-0.3, -0.25) is 0 Å². The van der Waals surface area contributed by atoms with E-state index < -0.39 is 0 Å². The molecule has 1 aliphatic carbocycles. The average Bonchev–Trinajstić information content (AvgIpc) is 3.01. The maximum Gasteiger partial charge on any atom is 0.142 e. The van der Waals surface area contributed by atoms with Gasteiger partial charge in [0.1, 0.15) is 10.8 Å². The molecule has 0 aliphatic heterocycles. The van der Waals surface area contributed by atoms with Crippen LogP contribution in [0.4, 0.5) is 0 Å². The molecule has 4 nitrogen and oxygen atoms in total. The highest BCUT2D eigenvalue weighted by atomic mass is 79.9. The van der Waals surface area contributed by atoms with Crippen LogP contribution in [0.5, 0.6) is 0 Å². The molecule has 0 saturated heterocycles. The van der Waals surface area contributed by atoms with E-state index in [0.717, 1.165) is 39.4 Å². The lowest BCUT2D eigenvalue weighted by Gasteiger charge is -2.35. The largest absolute Gasteiger partial charge is 0.338 e. The van der Waals surface area contributed by atoms with E-state index in [1.807, 2.05) is 18.3 Å². The van der Waals surface area contributed by atoms with Crippen LogP contribution in [-0.4, -0.2) is 15.0 Å². The Labute approximate surface area is 128 Å². The van der Waals surface area contributed by atoms with Crippen LogP contribution in [0.3, 0.4) is 0 Å². The summed E-state index contributed by atoms with van der Waals surface area (Å²) in [6.45, 7) is 0. The number of benzene rings is 1. The van der Waals surface area contributed by atoms with Gasteiger partial charge < -0.3 is 10.7 Å². The monoisotopic (exact) mass is 348 g/mol. The SMILES string of the molecule is NC1(c2ncc(-c3nc4cc(Br)ccc4s3)[nH]2)CCC1. The summed E-state index contributed by atoms with van der Waals surface area (Å²) in [5.41, 5.74) is 8.00. The Hall–Kier alpha value is -1.24. The number of nitrogens with one attached hydrogen (secondary N) is 1. The fraction of sp³-hybridized carbons (Fsp3) is 0.286. The lowest BCUT2D eigenvalue weighted by atomic mass is 9.77. The highest BCUT2D eigenvalue weighted by molar-refractivity contribution is 9.10. The van der Waals surface area contributed by atoms with E-state index in [-0.39, 0.29) is 5.54 Å². The third-order valence-electron chi connectivity index (χ3n) is 3.87. The maximum absolute atomic E-state index is 6.29. The number of aromatic nitrogens is 3. The van der Waals surface area contributed by atoms with E-state index in [1.54, 1.807) is 11.3 Å². The molecule has 2 aromatic heterocycles. The summed E-state index contributed by atoms with van der Waals surface area (Å²) in [7, 11) is 0. The molecule has 1 saturated carbocycles. The quantitative estimate of drug-likeness (QED) is 0.740. The van der Waals surface area contributed by atoms with Gasteiger partial charge in [0.25, 0.3) is 0 Å². The molecule has 0 unspecified atom stereocenters. The molecule has 102 valence electrons. The Balaban J connectivity index is 1.75. The van der Waals surface area contributed by atoms with Gasteiger partial charge in [0.05, 0.1) is 27.6 Å². The number of hydrogen-bond donors (Lipinski definition) is 2. The molecule has 4 rings (SSSR count). The van der Waals surface area contributed by atoms with E-state index in [2.05, 4.69) is 36.9 Å². The third-order valence-corrected chi connectivity index (χ3v) is 5.44. The minimum absolute atomic E-state index is 0.252. The van der Waals surface area contributed by atoms with Gasteiger partial charge in [-0.05, 0) is 37.5 Å². The Bertz CT molecular complexity index is 787. The first-order chi connectivity index (χ1) is 9.64. The number of halogens is 1. The number of thiazole rings is 1. The highest BCUT2D eigenvalue weighted by Gasteiger charge is 2.37. The predicted molar refractivity (Wildman–Crippen MR) is 84.6 cm³/mol. The number of rotatable bonds is 2. The minimum atomic E-state index is -0.252. The molecule has 1 aliphatic rings. The lowest BCUT2D eigenvalue weighted by molar-refractivity contribution is 0.240. The molecule has 1 fully saturated rings. The van der Waals surface area contributed by atoms with Crippen molar-refractivity contribution in [3.8, 4) is 10.7 Å². The molecular weight excluding hydrogens is 336 g/mol. The number of imidazole rings is 1. The number of nitrogens with zero attached hydrogens (tertiary/aromatic N) is 2. The average molecular weight is 349 g/mol. The van der Waals surface area contributed by atoms with Gasteiger partial charge in [0.2, 0.25) is 0 Å². The first-order valence-electron chi connectivity index (χ1n) is 6.55. The number of hydrogen-bond acceptors (Lipinski definition) is 4. The first-order valence-corrected chi connectivity index (χ1v) is 8.16. The van der Waals surface area contributed by atoms with E-state index in [4.69, 9.17) is 5.73 Å². The molecule has 0 amide bonds. The molecule has 20 heavy (non-hydrogen) atoms. The van der Waals surface area contributed by atoms with Gasteiger partial charge in [-0.1, -0.05) is 15.9 Å². The maximum atomic E-state index is 6.29. The van der Waals surface area contributed by atoms with Crippen LogP contribution in [0.25, 0.3) is 20.9 Å². The van der Waals surface area contributed by atoms with Gasteiger partial charge in [-0.25, -0.2) is 9.97 Å². The van der Waals surface area contributed by atoms with Gasteiger partial charge >= 0.3 is 0 Å². The summed E-state index contributed by atoms with van der Waals surface area (Å²) < 4.78 is 2.22. The summed E-state index contributed by atoms with van der Waals surface area (Å²) in [5, 5.41) is 0.958. The first kappa shape index (κ1) is 12.5. The van der Waals surface area contributed by atoms with Crippen molar-refractivity contribution >= 4 is 37.5 Å². The van der Waals surface area contributed by atoms with E-state index in [1.165, 1.54) is 11.1 Å². The van der Waals surface area contributed by atoms with Gasteiger partial charge in [0.15, 0.2) is 0 Å². The molecule has 3 N–H and O–H groups in total. The second-order valence-corrected chi connectivity index (χ2v) is 7.23. The molecule has 0 radical (unpaired) electrons. The zero-order valence-electron chi connectivity index (χ0n) is 10.7. The molecular formula is C14H13BrN4S. The van der Waals surface area contributed by atoms with Crippen molar-refractivity contribution in [1.29, 1.82) is 0 Å². The zero-order chi connectivity index (χ0) is 13.7. The topological polar surface area (TPSA) is 67.6 Å². The zero-order valence-corrected chi connectivity index (χ0v) is 13.1. The molecule has 6 heteroatoms. The summed E-state index contributed by atoms with van der Waals surface area (Å²) in [4.78, 5) is 12.5. The van der Waals surface area contributed by atoms with Crippen molar-refractivity contribution in [1.82, 2.24) is 15.0 Å². The Morgan fingerprint density at radius 2 is 2.20 bits per heavy atom. The summed E-state index contributed by atoms with van der Waals surface area (Å²) in [5.74, 6) is 0.888. The van der Waals surface area contributed by atoms with Crippen LogP contribution in [0.2, 0.25) is 0 Å². The second kappa shape index (κ2) is 4.38. The van der Waals surface area contributed by atoms with Crippen LogP contribution < -0.4 is 5.73 Å². The number of fused-ring (bicyclic) bond motifs is 1. The van der Waals surface area contributed by atoms with E-state index >= 15 is 0 Å². The minimum Gasteiger partial charge on any atom is -0.338 e. The fourth-order valence-electron chi connectivity index (χ4n) is 2.49. The van der Waals surface area contributed by atoms with Gasteiger partial charge in [0, 0.05) is 4.47 Å². The number of aromatic amines is 1. The Kier molecular flexibility index (Phi) is 2.73. The number of H-pyrrole nitrogens is 1. The standard InChI is InChI=1S/C14H13BrN4S/c15-8-2-3-11-9(6-8)18-12(20-11)10-7-17-13(19-10)14(16)4-1-5-14/h2-3,6-7H,1,4-5,16H2,(H,17,19). The van der Waals surface area contributed by atoms with Crippen molar-refractivity contribution in [3.63, 3.8) is 0 Å². The molecule has 1 aromatic carbocycles. The van der Waals surface area contributed by atoms with Crippen LogP contribution in [-0.2, 0) is 5.54 Å². The van der Waals surface area contributed by atoms with Gasteiger partial charge in [-0.2, -0.15) is 0 Å². The van der Waals surface area contributed by atoms with Crippen molar-refractivity contribution in [2.24, 2.45) is 5.73 Å². The molecule has 3 aromatic rings. The summed E-state index contributed by atoms with van der Waals surface area (Å²) >= 11 is 5.14. The van der Waals surface area contributed by atoms with Gasteiger partial charge in [-0.15, -0.1) is 11.3 Å². The summed E-state index contributed by atoms with van der Waals surface area (Å²) in [6, 6.07) is 6.14. The van der Waals surface area contributed by atoms with Crippen LogP contribution in [0, 0.1) is 0 Å².